The molecule has 2 aromatic carbocycles. The Morgan fingerprint density at radius 3 is 2.31 bits per heavy atom. The molecule has 0 aliphatic rings. The van der Waals surface area contributed by atoms with Gasteiger partial charge in [-0.1, -0.05) is 42.5 Å². The Morgan fingerprint density at radius 2 is 1.69 bits per heavy atom. The summed E-state index contributed by atoms with van der Waals surface area (Å²) in [5.74, 6) is -2.16. The summed E-state index contributed by atoms with van der Waals surface area (Å²) in [4.78, 5) is 35.9. The molecule has 9 heteroatoms. The Balaban J connectivity index is 1.92. The zero-order valence-corrected chi connectivity index (χ0v) is 15.5. The van der Waals surface area contributed by atoms with Crippen LogP contribution in [-0.4, -0.2) is 41.7 Å². The summed E-state index contributed by atoms with van der Waals surface area (Å²) in [6.45, 7) is -0.742. The maximum absolute atomic E-state index is 13.3. The number of rotatable bonds is 9. The normalized spacial score (nSPS) is 12.5. The highest BCUT2D eigenvalue weighted by atomic mass is 19.1. The SMILES string of the molecule is NC(=O)[C@@H](Cc1cccc(F)c1)NC(=O)[C@H](CO)NC(=O)OCc1ccccc1. The van der Waals surface area contributed by atoms with E-state index in [1.54, 1.807) is 30.3 Å². The maximum atomic E-state index is 13.3. The Morgan fingerprint density at radius 1 is 1.00 bits per heavy atom. The van der Waals surface area contributed by atoms with Crippen LogP contribution in [0, 0.1) is 5.82 Å². The highest BCUT2D eigenvalue weighted by Crippen LogP contribution is 2.07. The number of aliphatic hydroxyl groups excluding tert-OH is 1. The van der Waals surface area contributed by atoms with Crippen molar-refractivity contribution >= 4 is 17.9 Å². The van der Waals surface area contributed by atoms with Crippen molar-refractivity contribution < 1.29 is 28.6 Å². The van der Waals surface area contributed by atoms with Gasteiger partial charge in [-0.15, -0.1) is 0 Å². The summed E-state index contributed by atoms with van der Waals surface area (Å²) in [6, 6.07) is 11.9. The Bertz CT molecular complexity index is 847. The van der Waals surface area contributed by atoms with Gasteiger partial charge in [0.2, 0.25) is 11.8 Å². The minimum atomic E-state index is -1.35. The third kappa shape index (κ3) is 7.23. The van der Waals surface area contributed by atoms with Crippen molar-refractivity contribution in [2.75, 3.05) is 6.61 Å². The summed E-state index contributed by atoms with van der Waals surface area (Å²) < 4.78 is 18.3. The molecule has 0 fully saturated rings. The van der Waals surface area contributed by atoms with E-state index in [4.69, 9.17) is 10.5 Å². The van der Waals surface area contributed by atoms with Crippen LogP contribution in [0.3, 0.4) is 0 Å². The van der Waals surface area contributed by atoms with Gasteiger partial charge >= 0.3 is 6.09 Å². The van der Waals surface area contributed by atoms with Crippen molar-refractivity contribution in [1.82, 2.24) is 10.6 Å². The van der Waals surface area contributed by atoms with Gasteiger partial charge < -0.3 is 26.2 Å². The average molecular weight is 403 g/mol. The van der Waals surface area contributed by atoms with Gasteiger partial charge in [0, 0.05) is 6.42 Å². The van der Waals surface area contributed by atoms with Crippen molar-refractivity contribution in [1.29, 1.82) is 0 Å². The molecule has 0 unspecified atom stereocenters. The predicted molar refractivity (Wildman–Crippen MR) is 102 cm³/mol. The number of carbonyl (C=O) groups is 3. The minimum Gasteiger partial charge on any atom is -0.445 e. The van der Waals surface area contributed by atoms with Gasteiger partial charge in [-0.25, -0.2) is 9.18 Å². The van der Waals surface area contributed by atoms with Crippen LogP contribution in [0.2, 0.25) is 0 Å². The molecule has 0 bridgehead atoms. The maximum Gasteiger partial charge on any atom is 0.408 e. The number of halogens is 1. The second kappa shape index (κ2) is 10.8. The van der Waals surface area contributed by atoms with Gasteiger partial charge in [0.1, 0.15) is 24.5 Å². The summed E-state index contributed by atoms with van der Waals surface area (Å²) in [5, 5.41) is 14.0. The zero-order valence-electron chi connectivity index (χ0n) is 15.5. The number of hydrogen-bond acceptors (Lipinski definition) is 5. The van der Waals surface area contributed by atoms with Crippen LogP contribution in [0.1, 0.15) is 11.1 Å². The molecule has 29 heavy (non-hydrogen) atoms. The third-order valence-electron chi connectivity index (χ3n) is 3.99. The molecule has 2 aromatic rings. The first kappa shape index (κ1) is 21.8. The van der Waals surface area contributed by atoms with Crippen LogP contribution in [-0.2, 0) is 27.4 Å². The summed E-state index contributed by atoms with van der Waals surface area (Å²) in [5.41, 5.74) is 6.50. The fourth-order valence-corrected chi connectivity index (χ4v) is 2.50. The van der Waals surface area contributed by atoms with Gasteiger partial charge in [0.15, 0.2) is 0 Å². The number of ether oxygens (including phenoxy) is 1. The molecule has 8 nitrogen and oxygen atoms in total. The highest BCUT2D eigenvalue weighted by Gasteiger charge is 2.26. The Hall–Kier alpha value is -3.46. The quantitative estimate of drug-likeness (QED) is 0.488. The first-order valence-corrected chi connectivity index (χ1v) is 8.81. The lowest BCUT2D eigenvalue weighted by Gasteiger charge is -2.20. The van der Waals surface area contributed by atoms with E-state index < -0.39 is 42.4 Å². The molecule has 0 heterocycles. The van der Waals surface area contributed by atoms with Crippen molar-refractivity contribution in [3.8, 4) is 0 Å². The fraction of sp³-hybridized carbons (Fsp3) is 0.250. The van der Waals surface area contributed by atoms with Crippen LogP contribution < -0.4 is 16.4 Å². The first-order chi connectivity index (χ1) is 13.9. The molecule has 5 N–H and O–H groups in total. The van der Waals surface area contributed by atoms with Crippen LogP contribution in [0.4, 0.5) is 9.18 Å². The minimum absolute atomic E-state index is 0.0179. The molecule has 0 spiro atoms. The number of nitrogens with two attached hydrogens (primary N) is 1. The topological polar surface area (TPSA) is 131 Å². The van der Waals surface area contributed by atoms with Crippen LogP contribution in [0.25, 0.3) is 0 Å². The highest BCUT2D eigenvalue weighted by molar-refractivity contribution is 5.90. The summed E-state index contributed by atoms with van der Waals surface area (Å²) in [7, 11) is 0. The lowest BCUT2D eigenvalue weighted by molar-refractivity contribution is -0.129. The lowest BCUT2D eigenvalue weighted by atomic mass is 10.0. The Kier molecular flexibility index (Phi) is 8.11. The number of nitrogens with one attached hydrogen (secondary N) is 2. The van der Waals surface area contributed by atoms with Crippen LogP contribution in [0.15, 0.2) is 54.6 Å². The van der Waals surface area contributed by atoms with E-state index in [9.17, 15) is 23.9 Å². The van der Waals surface area contributed by atoms with E-state index in [2.05, 4.69) is 10.6 Å². The van der Waals surface area contributed by atoms with Gasteiger partial charge in [-0.2, -0.15) is 0 Å². The number of amides is 3. The molecule has 2 atom stereocenters. The van der Waals surface area contributed by atoms with Gasteiger partial charge in [0.05, 0.1) is 6.61 Å². The van der Waals surface area contributed by atoms with E-state index in [0.717, 1.165) is 5.56 Å². The van der Waals surface area contributed by atoms with E-state index in [-0.39, 0.29) is 13.0 Å². The number of aliphatic hydroxyl groups is 1. The van der Waals surface area contributed by atoms with E-state index in [1.165, 1.54) is 18.2 Å². The number of primary amides is 1. The third-order valence-corrected chi connectivity index (χ3v) is 3.99. The molecule has 0 aliphatic carbocycles. The molecule has 0 aliphatic heterocycles. The molecule has 0 aromatic heterocycles. The zero-order chi connectivity index (χ0) is 21.2. The summed E-state index contributed by atoms with van der Waals surface area (Å²) in [6.07, 6.45) is -0.959. The molecular weight excluding hydrogens is 381 g/mol. The van der Waals surface area contributed by atoms with Gasteiger partial charge in [-0.3, -0.25) is 9.59 Å². The van der Waals surface area contributed by atoms with Crippen molar-refractivity contribution in [2.24, 2.45) is 5.73 Å². The number of hydrogen-bond donors (Lipinski definition) is 4. The smallest absolute Gasteiger partial charge is 0.408 e. The van der Waals surface area contributed by atoms with Gasteiger partial charge in [0.25, 0.3) is 0 Å². The molecule has 154 valence electrons. The average Bonchev–Trinajstić information content (AvgIpc) is 2.70. The predicted octanol–water partition coefficient (Wildman–Crippen LogP) is 0.626. The van der Waals surface area contributed by atoms with Crippen LogP contribution in [0.5, 0.6) is 0 Å². The van der Waals surface area contributed by atoms with E-state index in [1.807, 2.05) is 6.07 Å². The number of alkyl carbamates (subject to hydrolysis) is 1. The van der Waals surface area contributed by atoms with Crippen molar-refractivity contribution in [2.45, 2.75) is 25.1 Å². The lowest BCUT2D eigenvalue weighted by Crippen LogP contribution is -2.54. The fourth-order valence-electron chi connectivity index (χ4n) is 2.50. The molecule has 0 saturated heterocycles. The first-order valence-electron chi connectivity index (χ1n) is 8.81. The van der Waals surface area contributed by atoms with Crippen molar-refractivity contribution in [3.05, 3.63) is 71.5 Å². The van der Waals surface area contributed by atoms with Gasteiger partial charge in [-0.05, 0) is 23.3 Å². The second-order valence-electron chi connectivity index (χ2n) is 6.24. The van der Waals surface area contributed by atoms with E-state index in [0.29, 0.717) is 5.56 Å². The number of carbonyl (C=O) groups excluding carboxylic acids is 3. The Labute approximate surface area is 166 Å². The molecule has 0 saturated carbocycles. The number of benzene rings is 2. The molecular formula is C20H22FN3O5. The largest absolute Gasteiger partial charge is 0.445 e. The van der Waals surface area contributed by atoms with Crippen LogP contribution >= 0.6 is 0 Å². The summed E-state index contributed by atoms with van der Waals surface area (Å²) >= 11 is 0. The monoisotopic (exact) mass is 403 g/mol. The second-order valence-corrected chi connectivity index (χ2v) is 6.24. The van der Waals surface area contributed by atoms with Crippen molar-refractivity contribution in [3.63, 3.8) is 0 Å². The molecule has 0 radical (unpaired) electrons. The molecule has 2 rings (SSSR count). The molecule has 3 amide bonds. The van der Waals surface area contributed by atoms with E-state index >= 15 is 0 Å². The standard InChI is InChI=1S/C20H22FN3O5/c21-15-8-4-7-14(9-15)10-16(18(22)26)23-19(27)17(11-25)24-20(28)29-12-13-5-2-1-3-6-13/h1-9,16-17,25H,10-12H2,(H2,22,26)(H,23,27)(H,24,28)/t16-,17+/m1/s1.